The third-order valence-electron chi connectivity index (χ3n) is 5.56. The van der Waals surface area contributed by atoms with Crippen molar-refractivity contribution in [3.8, 4) is 5.88 Å². The average molecular weight is 374 g/mol. The van der Waals surface area contributed by atoms with Crippen molar-refractivity contribution in [2.24, 2.45) is 0 Å². The number of ether oxygens (including phenoxy) is 1. The average Bonchev–Trinajstić information content (AvgIpc) is 2.91. The lowest BCUT2D eigenvalue weighted by molar-refractivity contribution is 0.123. The number of hydrogen-bond acceptors (Lipinski definition) is 6. The van der Waals surface area contributed by atoms with Crippen LogP contribution in [0, 0.1) is 0 Å². The van der Waals surface area contributed by atoms with Crippen LogP contribution in [0.15, 0.2) is 25.0 Å². The lowest BCUT2D eigenvalue weighted by Crippen LogP contribution is -2.38. The first-order valence-corrected chi connectivity index (χ1v) is 10.5. The van der Waals surface area contributed by atoms with Crippen molar-refractivity contribution >= 4 is 5.82 Å². The van der Waals surface area contributed by atoms with Gasteiger partial charge in [-0.25, -0.2) is 9.97 Å². The van der Waals surface area contributed by atoms with E-state index in [0.29, 0.717) is 5.88 Å². The number of allylic oxidation sites excluding steroid dienone is 1. The topological polar surface area (TPSA) is 44.7 Å². The van der Waals surface area contributed by atoms with E-state index in [1.165, 1.54) is 32.2 Å². The van der Waals surface area contributed by atoms with Crippen LogP contribution in [0.3, 0.4) is 0 Å². The normalized spacial score (nSPS) is 20.9. The van der Waals surface area contributed by atoms with Crippen LogP contribution in [0.5, 0.6) is 5.88 Å². The highest BCUT2D eigenvalue weighted by atomic mass is 16.5. The second kappa shape index (κ2) is 10.6. The standard InChI is InChI=1S/C21H35N5O/c1-3-4-9-19(17-25-11-8-10-24(2)14-15-25)27-21-16-20(22-18-23-21)26-12-6-5-7-13-26/h3,16,18-19H,1,4-15,17H2,2H3. The van der Waals surface area contributed by atoms with Crippen LogP contribution in [0.4, 0.5) is 5.82 Å². The van der Waals surface area contributed by atoms with E-state index in [-0.39, 0.29) is 6.10 Å². The van der Waals surface area contributed by atoms with Crippen LogP contribution in [0.25, 0.3) is 0 Å². The molecule has 2 aliphatic heterocycles. The maximum absolute atomic E-state index is 6.34. The van der Waals surface area contributed by atoms with E-state index in [1.54, 1.807) is 6.33 Å². The van der Waals surface area contributed by atoms with Gasteiger partial charge >= 0.3 is 0 Å². The molecule has 1 atom stereocenters. The molecule has 2 fully saturated rings. The summed E-state index contributed by atoms with van der Waals surface area (Å²) in [6, 6.07) is 2.02. The van der Waals surface area contributed by atoms with E-state index in [2.05, 4.69) is 38.3 Å². The maximum Gasteiger partial charge on any atom is 0.218 e. The van der Waals surface area contributed by atoms with E-state index in [4.69, 9.17) is 4.74 Å². The van der Waals surface area contributed by atoms with Crippen LogP contribution in [-0.4, -0.2) is 78.7 Å². The van der Waals surface area contributed by atoms with Crippen LogP contribution in [0.1, 0.15) is 38.5 Å². The summed E-state index contributed by atoms with van der Waals surface area (Å²) in [4.78, 5) is 16.2. The lowest BCUT2D eigenvalue weighted by atomic mass is 10.1. The predicted octanol–water partition coefficient (Wildman–Crippen LogP) is 2.82. The van der Waals surface area contributed by atoms with Gasteiger partial charge in [-0.2, -0.15) is 0 Å². The Morgan fingerprint density at radius 2 is 1.93 bits per heavy atom. The van der Waals surface area contributed by atoms with Gasteiger partial charge in [-0.05, 0) is 58.7 Å². The van der Waals surface area contributed by atoms with Crippen molar-refractivity contribution in [1.29, 1.82) is 0 Å². The fraction of sp³-hybridized carbons (Fsp3) is 0.714. The summed E-state index contributed by atoms with van der Waals surface area (Å²) in [5, 5.41) is 0. The van der Waals surface area contributed by atoms with Crippen molar-refractivity contribution < 1.29 is 4.74 Å². The van der Waals surface area contributed by atoms with Crippen LogP contribution in [0.2, 0.25) is 0 Å². The Labute approximate surface area is 164 Å². The van der Waals surface area contributed by atoms with Gasteiger partial charge in [-0.1, -0.05) is 6.08 Å². The zero-order valence-electron chi connectivity index (χ0n) is 16.9. The van der Waals surface area contributed by atoms with Gasteiger partial charge < -0.3 is 14.5 Å². The van der Waals surface area contributed by atoms with Gasteiger partial charge in [0.2, 0.25) is 5.88 Å². The zero-order chi connectivity index (χ0) is 18.9. The predicted molar refractivity (Wildman–Crippen MR) is 110 cm³/mol. The van der Waals surface area contributed by atoms with Gasteiger partial charge in [0, 0.05) is 38.8 Å². The number of likely N-dealkylation sites (N-methyl/N-ethyl adjacent to an activating group) is 1. The van der Waals surface area contributed by atoms with Gasteiger partial charge in [-0.15, -0.1) is 6.58 Å². The van der Waals surface area contributed by atoms with Crippen LogP contribution in [-0.2, 0) is 0 Å². The zero-order valence-corrected chi connectivity index (χ0v) is 16.9. The van der Waals surface area contributed by atoms with E-state index < -0.39 is 0 Å². The quantitative estimate of drug-likeness (QED) is 0.653. The number of hydrogen-bond donors (Lipinski definition) is 0. The minimum Gasteiger partial charge on any atom is -0.473 e. The molecule has 0 spiro atoms. The largest absolute Gasteiger partial charge is 0.473 e. The molecule has 0 bridgehead atoms. The molecule has 0 N–H and O–H groups in total. The number of aromatic nitrogens is 2. The first kappa shape index (κ1) is 20.1. The summed E-state index contributed by atoms with van der Waals surface area (Å²) >= 11 is 0. The Hall–Kier alpha value is -1.66. The monoisotopic (exact) mass is 373 g/mol. The van der Waals surface area contributed by atoms with Crippen LogP contribution >= 0.6 is 0 Å². The fourth-order valence-corrected chi connectivity index (χ4v) is 3.92. The summed E-state index contributed by atoms with van der Waals surface area (Å²) in [6.07, 6.45) is 10.7. The molecular formula is C21H35N5O. The van der Waals surface area contributed by atoms with E-state index in [1.807, 2.05) is 12.1 Å². The van der Waals surface area contributed by atoms with Gasteiger partial charge in [0.25, 0.3) is 0 Å². The van der Waals surface area contributed by atoms with Crippen molar-refractivity contribution in [1.82, 2.24) is 19.8 Å². The summed E-state index contributed by atoms with van der Waals surface area (Å²) in [6.45, 7) is 11.5. The second-order valence-corrected chi connectivity index (χ2v) is 7.83. The smallest absolute Gasteiger partial charge is 0.218 e. The van der Waals surface area contributed by atoms with E-state index in [0.717, 1.165) is 57.9 Å². The molecule has 150 valence electrons. The molecule has 6 nitrogen and oxygen atoms in total. The van der Waals surface area contributed by atoms with Gasteiger partial charge in [0.15, 0.2) is 0 Å². The van der Waals surface area contributed by atoms with Crippen molar-refractivity contribution in [3.63, 3.8) is 0 Å². The Bertz CT molecular complexity index is 575. The molecule has 3 heterocycles. The van der Waals surface area contributed by atoms with Gasteiger partial charge in [0.1, 0.15) is 18.2 Å². The second-order valence-electron chi connectivity index (χ2n) is 7.83. The number of nitrogens with zero attached hydrogens (tertiary/aromatic N) is 5. The highest BCUT2D eigenvalue weighted by Crippen LogP contribution is 2.21. The molecule has 2 aliphatic rings. The Morgan fingerprint density at radius 3 is 2.74 bits per heavy atom. The third-order valence-corrected chi connectivity index (χ3v) is 5.56. The highest BCUT2D eigenvalue weighted by molar-refractivity contribution is 5.41. The molecule has 0 amide bonds. The van der Waals surface area contributed by atoms with Crippen molar-refractivity contribution in [3.05, 3.63) is 25.0 Å². The molecule has 0 aromatic carbocycles. The summed E-state index contributed by atoms with van der Waals surface area (Å²) in [5.74, 6) is 1.70. The number of piperidine rings is 1. The molecule has 1 aromatic rings. The maximum atomic E-state index is 6.34. The van der Waals surface area contributed by atoms with Gasteiger partial charge in [0.05, 0.1) is 0 Å². The molecule has 27 heavy (non-hydrogen) atoms. The van der Waals surface area contributed by atoms with Gasteiger partial charge in [-0.3, -0.25) is 4.90 Å². The molecule has 0 radical (unpaired) electrons. The SMILES string of the molecule is C=CCCC(CN1CCCN(C)CC1)Oc1cc(N2CCCCC2)ncn1. The lowest BCUT2D eigenvalue weighted by Gasteiger charge is -2.29. The number of anilines is 1. The molecular weight excluding hydrogens is 338 g/mol. The number of rotatable bonds is 8. The minimum atomic E-state index is 0.135. The molecule has 6 heteroatoms. The molecule has 3 rings (SSSR count). The molecule has 0 saturated carbocycles. The highest BCUT2D eigenvalue weighted by Gasteiger charge is 2.20. The third kappa shape index (κ3) is 6.47. The van der Waals surface area contributed by atoms with Crippen molar-refractivity contribution in [2.75, 3.05) is 57.8 Å². The molecule has 1 aromatic heterocycles. The Balaban J connectivity index is 1.62. The molecule has 2 saturated heterocycles. The first-order valence-electron chi connectivity index (χ1n) is 10.5. The van der Waals surface area contributed by atoms with E-state index in [9.17, 15) is 0 Å². The summed E-state index contributed by atoms with van der Waals surface area (Å²) in [5.41, 5.74) is 0. The molecule has 1 unspecified atom stereocenters. The first-order chi connectivity index (χ1) is 13.2. The van der Waals surface area contributed by atoms with Crippen LogP contribution < -0.4 is 9.64 Å². The van der Waals surface area contributed by atoms with E-state index >= 15 is 0 Å². The Kier molecular flexibility index (Phi) is 7.90. The summed E-state index contributed by atoms with van der Waals surface area (Å²) < 4.78 is 6.34. The molecule has 0 aliphatic carbocycles. The fourth-order valence-electron chi connectivity index (χ4n) is 3.92. The Morgan fingerprint density at radius 1 is 1.07 bits per heavy atom. The summed E-state index contributed by atoms with van der Waals surface area (Å²) in [7, 11) is 2.21. The minimum absolute atomic E-state index is 0.135. The van der Waals surface area contributed by atoms with Crippen molar-refractivity contribution in [2.45, 2.75) is 44.6 Å².